The molecule has 3 nitrogen and oxygen atoms in total. The fourth-order valence-corrected chi connectivity index (χ4v) is 2.76. The van der Waals surface area contributed by atoms with Gasteiger partial charge in [-0.2, -0.15) is 0 Å². The van der Waals surface area contributed by atoms with Crippen LogP contribution in [0.3, 0.4) is 0 Å². The molecule has 108 valence electrons. The highest BCUT2D eigenvalue weighted by atomic mass is 32.2. The monoisotopic (exact) mass is 283 g/mol. The van der Waals surface area contributed by atoms with Gasteiger partial charge in [0.25, 0.3) is 0 Å². The van der Waals surface area contributed by atoms with E-state index in [1.54, 1.807) is 0 Å². The molecule has 0 aliphatic carbocycles. The third kappa shape index (κ3) is 7.33. The van der Waals surface area contributed by atoms with Gasteiger partial charge in [0.2, 0.25) is 0 Å². The van der Waals surface area contributed by atoms with Crippen LogP contribution in [-0.2, 0) is 9.84 Å². The topological polar surface area (TPSA) is 46.2 Å². The molecule has 0 fully saturated rings. The Bertz CT molecular complexity index is 442. The van der Waals surface area contributed by atoms with Gasteiger partial charge < -0.3 is 5.32 Å². The van der Waals surface area contributed by atoms with Gasteiger partial charge in [-0.05, 0) is 24.9 Å². The summed E-state index contributed by atoms with van der Waals surface area (Å²) >= 11 is 0. The highest BCUT2D eigenvalue weighted by molar-refractivity contribution is 7.90. The summed E-state index contributed by atoms with van der Waals surface area (Å²) in [5.74, 6) is 0.259. The second-order valence-electron chi connectivity index (χ2n) is 5.04. The number of benzene rings is 1. The molecule has 0 spiro atoms. The molecule has 0 saturated carbocycles. The standard InChI is InChI=1S/C15H25NO2S/c1-3-4-11-15(14-9-6-5-7-10-14)16-12-8-13-19(2,17)18/h5-7,9-10,15-16H,3-4,8,11-13H2,1-2H3. The molecule has 1 rings (SSSR count). The van der Waals surface area contributed by atoms with E-state index in [0.717, 1.165) is 13.0 Å². The van der Waals surface area contributed by atoms with E-state index in [1.807, 2.05) is 18.2 Å². The van der Waals surface area contributed by atoms with Gasteiger partial charge in [0, 0.05) is 12.3 Å². The summed E-state index contributed by atoms with van der Waals surface area (Å²) in [4.78, 5) is 0. The van der Waals surface area contributed by atoms with Crippen LogP contribution in [0, 0.1) is 0 Å². The van der Waals surface area contributed by atoms with Crippen molar-refractivity contribution in [3.05, 3.63) is 35.9 Å². The van der Waals surface area contributed by atoms with Gasteiger partial charge in [-0.25, -0.2) is 8.42 Å². The van der Waals surface area contributed by atoms with Crippen molar-refractivity contribution < 1.29 is 8.42 Å². The number of rotatable bonds is 9. The summed E-state index contributed by atoms with van der Waals surface area (Å²) in [5.41, 5.74) is 1.29. The lowest BCUT2D eigenvalue weighted by Crippen LogP contribution is -2.24. The first-order valence-corrected chi connectivity index (χ1v) is 9.05. The number of nitrogens with one attached hydrogen (secondary N) is 1. The van der Waals surface area contributed by atoms with Crippen molar-refractivity contribution in [1.29, 1.82) is 0 Å². The maximum atomic E-state index is 11.1. The van der Waals surface area contributed by atoms with Crippen LogP contribution in [-0.4, -0.2) is 27.0 Å². The zero-order chi connectivity index (χ0) is 14.1. The summed E-state index contributed by atoms with van der Waals surface area (Å²) in [7, 11) is -2.84. The lowest BCUT2D eigenvalue weighted by molar-refractivity contribution is 0.480. The second kappa shape index (κ2) is 8.33. The molecule has 1 unspecified atom stereocenters. The van der Waals surface area contributed by atoms with Gasteiger partial charge in [-0.3, -0.25) is 0 Å². The number of hydrogen-bond acceptors (Lipinski definition) is 3. The zero-order valence-corrected chi connectivity index (χ0v) is 12.7. The Kier molecular flexibility index (Phi) is 7.10. The molecule has 0 radical (unpaired) electrons. The van der Waals surface area contributed by atoms with E-state index in [2.05, 4.69) is 24.4 Å². The molecule has 0 aliphatic heterocycles. The van der Waals surface area contributed by atoms with Crippen molar-refractivity contribution in [1.82, 2.24) is 5.32 Å². The Morgan fingerprint density at radius 1 is 1.16 bits per heavy atom. The van der Waals surface area contributed by atoms with Gasteiger partial charge in [0.15, 0.2) is 0 Å². The fourth-order valence-electron chi connectivity index (χ4n) is 2.09. The third-order valence-corrected chi connectivity index (χ3v) is 4.16. The summed E-state index contributed by atoms with van der Waals surface area (Å²) in [6.07, 6.45) is 5.42. The molecule has 0 aliphatic rings. The van der Waals surface area contributed by atoms with Crippen LogP contribution >= 0.6 is 0 Å². The average molecular weight is 283 g/mol. The van der Waals surface area contributed by atoms with Crippen molar-refractivity contribution in [3.8, 4) is 0 Å². The summed E-state index contributed by atoms with van der Waals surface area (Å²) in [5, 5.41) is 3.48. The molecule has 19 heavy (non-hydrogen) atoms. The van der Waals surface area contributed by atoms with Gasteiger partial charge in [0.05, 0.1) is 5.75 Å². The van der Waals surface area contributed by atoms with Crippen LogP contribution in [0.4, 0.5) is 0 Å². The molecule has 1 aromatic carbocycles. The maximum Gasteiger partial charge on any atom is 0.147 e. The van der Waals surface area contributed by atoms with Crippen LogP contribution in [0.25, 0.3) is 0 Å². The van der Waals surface area contributed by atoms with E-state index in [1.165, 1.54) is 24.7 Å². The molecule has 0 amide bonds. The van der Waals surface area contributed by atoms with Crippen LogP contribution in [0.5, 0.6) is 0 Å². The van der Waals surface area contributed by atoms with Gasteiger partial charge in [0.1, 0.15) is 9.84 Å². The summed E-state index contributed by atoms with van der Waals surface area (Å²) < 4.78 is 22.2. The molecule has 0 bridgehead atoms. The Hall–Kier alpha value is -0.870. The van der Waals surface area contributed by atoms with Crippen LogP contribution < -0.4 is 5.32 Å². The van der Waals surface area contributed by atoms with E-state index in [4.69, 9.17) is 0 Å². The summed E-state index contributed by atoms with van der Waals surface area (Å²) in [6, 6.07) is 10.7. The average Bonchev–Trinajstić information content (AvgIpc) is 2.38. The lowest BCUT2D eigenvalue weighted by Gasteiger charge is -2.19. The quantitative estimate of drug-likeness (QED) is 0.709. The normalized spacial score (nSPS) is 13.4. The Morgan fingerprint density at radius 3 is 2.42 bits per heavy atom. The first-order valence-electron chi connectivity index (χ1n) is 6.99. The van der Waals surface area contributed by atoms with Gasteiger partial charge >= 0.3 is 0 Å². The molecule has 0 saturated heterocycles. The predicted octanol–water partition coefficient (Wildman–Crippen LogP) is 2.94. The third-order valence-electron chi connectivity index (χ3n) is 3.13. The van der Waals surface area contributed by atoms with Crippen molar-refractivity contribution >= 4 is 9.84 Å². The Balaban J connectivity index is 2.47. The first kappa shape index (κ1) is 16.2. The van der Waals surface area contributed by atoms with Crippen LogP contribution in [0.2, 0.25) is 0 Å². The first-order chi connectivity index (χ1) is 9.03. The molecular formula is C15H25NO2S. The fraction of sp³-hybridized carbons (Fsp3) is 0.600. The van der Waals surface area contributed by atoms with Crippen molar-refractivity contribution in [2.24, 2.45) is 0 Å². The highest BCUT2D eigenvalue weighted by Gasteiger charge is 2.10. The minimum Gasteiger partial charge on any atom is -0.310 e. The largest absolute Gasteiger partial charge is 0.310 e. The van der Waals surface area contributed by atoms with Crippen LogP contribution in [0.1, 0.15) is 44.2 Å². The highest BCUT2D eigenvalue weighted by Crippen LogP contribution is 2.18. The van der Waals surface area contributed by atoms with Crippen LogP contribution in [0.15, 0.2) is 30.3 Å². The maximum absolute atomic E-state index is 11.1. The number of hydrogen-bond donors (Lipinski definition) is 1. The Morgan fingerprint density at radius 2 is 1.84 bits per heavy atom. The molecular weight excluding hydrogens is 258 g/mol. The second-order valence-corrected chi connectivity index (χ2v) is 7.30. The molecule has 4 heteroatoms. The van der Waals surface area contributed by atoms with Crippen molar-refractivity contribution in [2.45, 2.75) is 38.6 Å². The van der Waals surface area contributed by atoms with E-state index < -0.39 is 9.84 Å². The van der Waals surface area contributed by atoms with E-state index in [0.29, 0.717) is 12.5 Å². The molecule has 0 heterocycles. The SMILES string of the molecule is CCCCC(NCCCS(C)(=O)=O)c1ccccc1. The molecule has 1 N–H and O–H groups in total. The number of unbranched alkanes of at least 4 members (excludes halogenated alkanes) is 1. The van der Waals surface area contributed by atoms with E-state index >= 15 is 0 Å². The molecule has 1 atom stereocenters. The van der Waals surface area contributed by atoms with E-state index in [9.17, 15) is 8.42 Å². The minimum atomic E-state index is -2.84. The molecule has 1 aromatic rings. The number of sulfone groups is 1. The Labute approximate surface area is 117 Å². The van der Waals surface area contributed by atoms with Gasteiger partial charge in [-0.15, -0.1) is 0 Å². The van der Waals surface area contributed by atoms with Crippen molar-refractivity contribution in [3.63, 3.8) is 0 Å². The predicted molar refractivity (Wildman–Crippen MR) is 81.0 cm³/mol. The van der Waals surface area contributed by atoms with E-state index in [-0.39, 0.29) is 5.75 Å². The lowest BCUT2D eigenvalue weighted by atomic mass is 10.0. The smallest absolute Gasteiger partial charge is 0.147 e. The molecule has 0 aromatic heterocycles. The summed E-state index contributed by atoms with van der Waals surface area (Å²) in [6.45, 7) is 2.93. The van der Waals surface area contributed by atoms with Crippen molar-refractivity contribution in [2.75, 3.05) is 18.6 Å². The minimum absolute atomic E-state index is 0.259. The van der Waals surface area contributed by atoms with Gasteiger partial charge in [-0.1, -0.05) is 50.1 Å². The zero-order valence-electron chi connectivity index (χ0n) is 11.9.